The van der Waals surface area contributed by atoms with Gasteiger partial charge in [0, 0.05) is 13.0 Å². The van der Waals surface area contributed by atoms with Gasteiger partial charge in [0.2, 0.25) is 0 Å². The molecule has 0 heterocycles. The molecule has 0 aromatic heterocycles. The first-order valence-corrected chi connectivity index (χ1v) is 7.17. The number of carbonyl (C=O) groups is 1. The first-order chi connectivity index (χ1) is 9.87. The number of amides is 1. The van der Waals surface area contributed by atoms with E-state index in [1.54, 1.807) is 12.1 Å². The Kier molecular flexibility index (Phi) is 6.38. The minimum Gasteiger partial charge on any atom is -1.00 e. The van der Waals surface area contributed by atoms with Crippen molar-refractivity contribution >= 4 is 16.7 Å². The van der Waals surface area contributed by atoms with Gasteiger partial charge in [-0.05, 0) is 22.9 Å². The summed E-state index contributed by atoms with van der Waals surface area (Å²) in [5.74, 6) is -0.197. The molecule has 0 fully saturated rings. The van der Waals surface area contributed by atoms with Gasteiger partial charge in [0.15, 0.2) is 0 Å². The van der Waals surface area contributed by atoms with Gasteiger partial charge in [-0.25, -0.2) is 0 Å². The van der Waals surface area contributed by atoms with Crippen LogP contribution in [0.5, 0.6) is 5.75 Å². The fourth-order valence-electron chi connectivity index (χ4n) is 2.26. The van der Waals surface area contributed by atoms with Crippen molar-refractivity contribution in [3.63, 3.8) is 0 Å². The second-order valence-corrected chi connectivity index (χ2v) is 6.34. The van der Waals surface area contributed by atoms with Crippen LogP contribution in [0.2, 0.25) is 0 Å². The number of benzene rings is 2. The van der Waals surface area contributed by atoms with Crippen molar-refractivity contribution in [3.05, 3.63) is 42.0 Å². The summed E-state index contributed by atoms with van der Waals surface area (Å²) in [6.07, 6.45) is 0.906. The van der Waals surface area contributed by atoms with E-state index in [4.69, 9.17) is 0 Å². The normalized spacial score (nSPS) is 11.0. The molecule has 1 amide bonds. The van der Waals surface area contributed by atoms with Crippen LogP contribution >= 0.6 is 0 Å². The molecule has 120 valence electrons. The molecule has 0 bridgehead atoms. The number of quaternary nitrogens is 1. The van der Waals surface area contributed by atoms with E-state index in [1.165, 1.54) is 0 Å². The number of hydrogen-bond donors (Lipinski definition) is 2. The fourth-order valence-corrected chi connectivity index (χ4v) is 2.26. The summed E-state index contributed by atoms with van der Waals surface area (Å²) in [4.78, 5) is 12.2. The van der Waals surface area contributed by atoms with Crippen LogP contribution in [-0.2, 0) is 0 Å². The van der Waals surface area contributed by atoms with Crippen molar-refractivity contribution in [1.82, 2.24) is 5.32 Å². The number of hydrogen-bond acceptors (Lipinski definition) is 2. The Bertz CT molecular complexity index is 651. The highest BCUT2D eigenvalue weighted by Gasteiger charge is 2.12. The fraction of sp³-hybridized carbons (Fsp3) is 0.353. The maximum Gasteiger partial charge on any atom is 0.255 e. The third-order valence-corrected chi connectivity index (χ3v) is 3.40. The SMILES string of the molecule is C[N+](C)(C)CCCNC(=O)c1cc2ccccc2cc1O.[Br-]. The lowest BCUT2D eigenvalue weighted by molar-refractivity contribution is -0.870. The average molecular weight is 367 g/mol. The molecule has 22 heavy (non-hydrogen) atoms. The van der Waals surface area contributed by atoms with Crippen LogP contribution in [0.4, 0.5) is 0 Å². The first kappa shape index (κ1) is 18.5. The van der Waals surface area contributed by atoms with E-state index in [0.29, 0.717) is 12.1 Å². The van der Waals surface area contributed by atoms with Gasteiger partial charge in [0.05, 0.1) is 33.3 Å². The van der Waals surface area contributed by atoms with Gasteiger partial charge < -0.3 is 31.9 Å². The molecule has 5 heteroatoms. The molecule has 2 N–H and O–H groups in total. The monoisotopic (exact) mass is 366 g/mol. The zero-order chi connectivity index (χ0) is 15.5. The number of nitrogens with zero attached hydrogens (tertiary/aromatic N) is 1. The van der Waals surface area contributed by atoms with Crippen molar-refractivity contribution in [1.29, 1.82) is 0 Å². The number of rotatable bonds is 5. The van der Waals surface area contributed by atoms with E-state index in [2.05, 4.69) is 26.5 Å². The largest absolute Gasteiger partial charge is 1.00 e. The Labute approximate surface area is 142 Å². The van der Waals surface area contributed by atoms with Gasteiger partial charge in [0.25, 0.3) is 5.91 Å². The maximum atomic E-state index is 12.2. The van der Waals surface area contributed by atoms with Crippen LogP contribution in [0.15, 0.2) is 36.4 Å². The number of nitrogens with one attached hydrogen (secondary N) is 1. The third-order valence-electron chi connectivity index (χ3n) is 3.40. The quantitative estimate of drug-likeness (QED) is 0.547. The lowest BCUT2D eigenvalue weighted by atomic mass is 10.1. The van der Waals surface area contributed by atoms with Crippen molar-refractivity contribution < 1.29 is 31.4 Å². The highest BCUT2D eigenvalue weighted by atomic mass is 79.9. The van der Waals surface area contributed by atoms with E-state index >= 15 is 0 Å². The lowest BCUT2D eigenvalue weighted by Crippen LogP contribution is -3.00. The molecule has 0 radical (unpaired) electrons. The van der Waals surface area contributed by atoms with Crippen molar-refractivity contribution in [2.75, 3.05) is 34.2 Å². The summed E-state index contributed by atoms with van der Waals surface area (Å²) in [7, 11) is 6.37. The van der Waals surface area contributed by atoms with E-state index in [9.17, 15) is 9.90 Å². The Morgan fingerprint density at radius 3 is 2.32 bits per heavy atom. The van der Waals surface area contributed by atoms with Gasteiger partial charge in [-0.3, -0.25) is 4.79 Å². The molecular weight excluding hydrogens is 344 g/mol. The number of aromatic hydroxyl groups is 1. The number of halogens is 1. The summed E-state index contributed by atoms with van der Waals surface area (Å²) in [6, 6.07) is 11.0. The predicted molar refractivity (Wildman–Crippen MR) is 85.5 cm³/mol. The molecule has 0 saturated carbocycles. The number of phenols is 1. The minimum atomic E-state index is -0.223. The second kappa shape index (κ2) is 7.61. The molecule has 2 aromatic carbocycles. The summed E-state index contributed by atoms with van der Waals surface area (Å²) >= 11 is 0. The number of carbonyl (C=O) groups excluding carboxylic acids is 1. The second-order valence-electron chi connectivity index (χ2n) is 6.34. The standard InChI is InChI=1S/C17H22N2O2.BrH/c1-19(2,3)10-6-9-18-17(21)15-11-13-7-4-5-8-14(13)12-16(15)20;/h4-5,7-8,11-12H,6,9-10H2,1-3H3,(H-,18,20,21);1H. The van der Waals surface area contributed by atoms with E-state index in [-0.39, 0.29) is 28.6 Å². The van der Waals surface area contributed by atoms with Crippen LogP contribution < -0.4 is 22.3 Å². The Hall–Kier alpha value is -1.59. The average Bonchev–Trinajstić information content (AvgIpc) is 2.41. The zero-order valence-electron chi connectivity index (χ0n) is 13.3. The molecule has 0 aliphatic heterocycles. The topological polar surface area (TPSA) is 49.3 Å². The lowest BCUT2D eigenvalue weighted by Gasteiger charge is -2.23. The molecule has 0 atom stereocenters. The Morgan fingerprint density at radius 2 is 1.73 bits per heavy atom. The first-order valence-electron chi connectivity index (χ1n) is 7.17. The van der Waals surface area contributed by atoms with E-state index in [0.717, 1.165) is 28.2 Å². The minimum absolute atomic E-state index is 0. The van der Waals surface area contributed by atoms with Gasteiger partial charge in [-0.1, -0.05) is 24.3 Å². The van der Waals surface area contributed by atoms with Gasteiger partial charge >= 0.3 is 0 Å². The van der Waals surface area contributed by atoms with Crippen LogP contribution in [-0.4, -0.2) is 49.7 Å². The number of fused-ring (bicyclic) bond motifs is 1. The van der Waals surface area contributed by atoms with Crippen LogP contribution in [0, 0.1) is 0 Å². The summed E-state index contributed by atoms with van der Waals surface area (Å²) in [5, 5.41) is 14.7. The molecular formula is C17H23BrN2O2. The van der Waals surface area contributed by atoms with E-state index < -0.39 is 0 Å². The van der Waals surface area contributed by atoms with Gasteiger partial charge in [-0.2, -0.15) is 0 Å². The van der Waals surface area contributed by atoms with Crippen LogP contribution in [0.25, 0.3) is 10.8 Å². The molecule has 2 rings (SSSR count). The molecule has 0 unspecified atom stereocenters. The highest BCUT2D eigenvalue weighted by molar-refractivity contribution is 6.01. The predicted octanol–water partition coefficient (Wildman–Crippen LogP) is -0.624. The zero-order valence-corrected chi connectivity index (χ0v) is 14.9. The molecule has 0 aliphatic rings. The summed E-state index contributed by atoms with van der Waals surface area (Å²) in [6.45, 7) is 1.60. The number of phenolic OH excluding ortho intramolecular Hbond substituents is 1. The smallest absolute Gasteiger partial charge is 0.255 e. The molecule has 0 saturated heterocycles. The van der Waals surface area contributed by atoms with Crippen LogP contribution in [0.3, 0.4) is 0 Å². The molecule has 4 nitrogen and oxygen atoms in total. The van der Waals surface area contributed by atoms with Crippen LogP contribution in [0.1, 0.15) is 16.8 Å². The third kappa shape index (κ3) is 5.00. The highest BCUT2D eigenvalue weighted by Crippen LogP contribution is 2.24. The maximum absolute atomic E-state index is 12.2. The molecule has 0 spiro atoms. The van der Waals surface area contributed by atoms with Crippen molar-refractivity contribution in [2.45, 2.75) is 6.42 Å². The Morgan fingerprint density at radius 1 is 1.14 bits per heavy atom. The Balaban J connectivity index is 0.00000242. The summed E-state index contributed by atoms with van der Waals surface area (Å²) < 4.78 is 0.872. The van der Waals surface area contributed by atoms with E-state index in [1.807, 2.05) is 24.3 Å². The molecule has 2 aromatic rings. The summed E-state index contributed by atoms with van der Waals surface area (Å²) in [5.41, 5.74) is 0.332. The van der Waals surface area contributed by atoms with Crippen molar-refractivity contribution in [2.24, 2.45) is 0 Å². The van der Waals surface area contributed by atoms with Crippen molar-refractivity contribution in [3.8, 4) is 5.75 Å². The van der Waals surface area contributed by atoms with Gasteiger partial charge in [0.1, 0.15) is 5.75 Å². The molecule has 0 aliphatic carbocycles. The van der Waals surface area contributed by atoms with Gasteiger partial charge in [-0.15, -0.1) is 0 Å².